The Morgan fingerprint density at radius 1 is 1.21 bits per heavy atom. The molecule has 0 spiro atoms. The normalized spacial score (nSPS) is 13.1. The van der Waals surface area contributed by atoms with Gasteiger partial charge in [0.1, 0.15) is 5.75 Å². The molecule has 6 heteroatoms. The van der Waals surface area contributed by atoms with Gasteiger partial charge in [0.25, 0.3) is 0 Å². The van der Waals surface area contributed by atoms with Crippen molar-refractivity contribution in [1.82, 2.24) is 15.3 Å². The van der Waals surface area contributed by atoms with E-state index in [0.717, 1.165) is 18.6 Å². The Balaban J connectivity index is 1.76. The van der Waals surface area contributed by atoms with Crippen LogP contribution in [0.4, 0.5) is 0 Å². The van der Waals surface area contributed by atoms with Gasteiger partial charge in [-0.3, -0.25) is 4.79 Å². The lowest BCUT2D eigenvalue weighted by atomic mass is 10.1. The number of amides is 1. The number of hydrogen-bond donors (Lipinski definition) is 1. The highest BCUT2D eigenvalue weighted by Crippen LogP contribution is 2.18. The molecule has 1 aromatic heterocycles. The molecule has 0 aliphatic rings. The molecule has 1 amide bonds. The maximum absolute atomic E-state index is 12.2. The van der Waals surface area contributed by atoms with E-state index in [1.54, 1.807) is 25.6 Å². The SMILES string of the molecule is COc1ccc(CC[C@@H](C)NC(=O)[C@@H](C)Sc2ncccn2)cc1. The molecule has 0 saturated heterocycles. The maximum atomic E-state index is 12.2. The van der Waals surface area contributed by atoms with Crippen LogP contribution in [0.2, 0.25) is 0 Å². The van der Waals surface area contributed by atoms with Gasteiger partial charge in [-0.2, -0.15) is 0 Å². The molecule has 0 saturated carbocycles. The lowest BCUT2D eigenvalue weighted by molar-refractivity contribution is -0.120. The highest BCUT2D eigenvalue weighted by Gasteiger charge is 2.17. The Morgan fingerprint density at radius 3 is 2.50 bits per heavy atom. The van der Waals surface area contributed by atoms with Gasteiger partial charge in [0, 0.05) is 18.4 Å². The molecule has 1 aromatic carbocycles. The quantitative estimate of drug-likeness (QED) is 0.588. The van der Waals surface area contributed by atoms with Crippen molar-refractivity contribution >= 4 is 17.7 Å². The zero-order chi connectivity index (χ0) is 17.4. The summed E-state index contributed by atoms with van der Waals surface area (Å²) in [6.07, 6.45) is 5.15. The van der Waals surface area contributed by atoms with Gasteiger partial charge >= 0.3 is 0 Å². The minimum Gasteiger partial charge on any atom is -0.497 e. The van der Waals surface area contributed by atoms with E-state index >= 15 is 0 Å². The minimum atomic E-state index is -0.226. The fourth-order valence-corrected chi connectivity index (χ4v) is 2.90. The van der Waals surface area contributed by atoms with E-state index in [9.17, 15) is 4.79 Å². The molecule has 0 fully saturated rings. The van der Waals surface area contributed by atoms with Crippen LogP contribution in [0.1, 0.15) is 25.8 Å². The lowest BCUT2D eigenvalue weighted by Crippen LogP contribution is -2.37. The van der Waals surface area contributed by atoms with Gasteiger partial charge in [0.2, 0.25) is 5.91 Å². The van der Waals surface area contributed by atoms with Crippen molar-refractivity contribution in [2.75, 3.05) is 7.11 Å². The van der Waals surface area contributed by atoms with E-state index < -0.39 is 0 Å². The van der Waals surface area contributed by atoms with Crippen LogP contribution >= 0.6 is 11.8 Å². The molecule has 128 valence electrons. The first-order valence-corrected chi connectivity index (χ1v) is 8.83. The highest BCUT2D eigenvalue weighted by molar-refractivity contribution is 8.00. The molecule has 1 heterocycles. The van der Waals surface area contributed by atoms with Crippen LogP contribution in [0.25, 0.3) is 0 Å². The minimum absolute atomic E-state index is 0.00897. The van der Waals surface area contributed by atoms with Crippen molar-refractivity contribution in [3.05, 3.63) is 48.3 Å². The Morgan fingerprint density at radius 2 is 1.88 bits per heavy atom. The summed E-state index contributed by atoms with van der Waals surface area (Å²) in [4.78, 5) is 20.5. The van der Waals surface area contributed by atoms with Crippen molar-refractivity contribution in [3.8, 4) is 5.75 Å². The average molecular weight is 345 g/mol. The van der Waals surface area contributed by atoms with Crippen LogP contribution in [0.3, 0.4) is 0 Å². The van der Waals surface area contributed by atoms with Crippen molar-refractivity contribution < 1.29 is 9.53 Å². The van der Waals surface area contributed by atoms with Crippen molar-refractivity contribution in [1.29, 1.82) is 0 Å². The Labute approximate surface area is 147 Å². The number of nitrogens with one attached hydrogen (secondary N) is 1. The number of methoxy groups -OCH3 is 1. The fourth-order valence-electron chi connectivity index (χ4n) is 2.17. The topological polar surface area (TPSA) is 64.1 Å². The second-order valence-electron chi connectivity index (χ2n) is 5.59. The molecule has 2 aromatic rings. The van der Waals surface area contributed by atoms with Crippen LogP contribution in [0.5, 0.6) is 5.75 Å². The summed E-state index contributed by atoms with van der Waals surface area (Å²) >= 11 is 1.36. The van der Waals surface area contributed by atoms with Gasteiger partial charge in [0.15, 0.2) is 5.16 Å². The zero-order valence-corrected chi connectivity index (χ0v) is 15.0. The molecular weight excluding hydrogens is 322 g/mol. The summed E-state index contributed by atoms with van der Waals surface area (Å²) in [5, 5.41) is 3.44. The number of benzene rings is 1. The fraction of sp³-hybridized carbons (Fsp3) is 0.389. The van der Waals surface area contributed by atoms with Crippen LogP contribution in [0, 0.1) is 0 Å². The summed E-state index contributed by atoms with van der Waals surface area (Å²) < 4.78 is 5.15. The number of carbonyl (C=O) groups excluding carboxylic acids is 1. The van der Waals surface area contributed by atoms with Gasteiger partial charge in [-0.1, -0.05) is 23.9 Å². The van der Waals surface area contributed by atoms with Gasteiger partial charge < -0.3 is 10.1 Å². The second kappa shape index (κ2) is 9.27. The summed E-state index contributed by atoms with van der Waals surface area (Å²) in [6.45, 7) is 3.89. The molecule has 0 radical (unpaired) electrons. The van der Waals surface area contributed by atoms with Crippen LogP contribution < -0.4 is 10.1 Å². The largest absolute Gasteiger partial charge is 0.497 e. The van der Waals surface area contributed by atoms with Crippen molar-refractivity contribution in [2.24, 2.45) is 0 Å². The van der Waals surface area contributed by atoms with Crippen LogP contribution in [0.15, 0.2) is 47.9 Å². The summed E-state index contributed by atoms with van der Waals surface area (Å²) in [5.74, 6) is 0.865. The number of carbonyl (C=O) groups is 1. The first-order chi connectivity index (χ1) is 11.6. The average Bonchev–Trinajstić information content (AvgIpc) is 2.61. The maximum Gasteiger partial charge on any atom is 0.233 e. The molecular formula is C18H23N3O2S. The van der Waals surface area contributed by atoms with Crippen LogP contribution in [-0.4, -0.2) is 34.3 Å². The molecule has 0 aliphatic carbocycles. The standard InChI is InChI=1S/C18H23N3O2S/c1-13(5-6-15-7-9-16(23-3)10-8-15)21-17(22)14(2)24-18-19-11-4-12-20-18/h4,7-14H,5-6H2,1-3H3,(H,21,22)/t13-,14-/m1/s1. The molecule has 0 bridgehead atoms. The second-order valence-corrected chi connectivity index (χ2v) is 6.90. The van der Waals surface area contributed by atoms with E-state index in [2.05, 4.69) is 27.4 Å². The Kier molecular flexibility index (Phi) is 7.06. The third-order valence-electron chi connectivity index (χ3n) is 3.61. The third kappa shape index (κ3) is 5.85. The van der Waals surface area contributed by atoms with E-state index in [1.165, 1.54) is 17.3 Å². The van der Waals surface area contributed by atoms with Gasteiger partial charge in [-0.25, -0.2) is 9.97 Å². The molecule has 24 heavy (non-hydrogen) atoms. The molecule has 2 atom stereocenters. The van der Waals surface area contributed by atoms with Crippen LogP contribution in [-0.2, 0) is 11.2 Å². The number of aryl methyl sites for hydroxylation is 1. The Bertz CT molecular complexity index is 634. The number of aromatic nitrogens is 2. The monoisotopic (exact) mass is 345 g/mol. The van der Waals surface area contributed by atoms with Gasteiger partial charge in [-0.15, -0.1) is 0 Å². The summed E-state index contributed by atoms with van der Waals surface area (Å²) in [6, 6.07) is 9.89. The van der Waals surface area contributed by atoms with Crippen molar-refractivity contribution in [3.63, 3.8) is 0 Å². The molecule has 5 nitrogen and oxygen atoms in total. The number of ether oxygens (including phenoxy) is 1. The predicted molar refractivity (Wildman–Crippen MR) is 96.3 cm³/mol. The molecule has 2 rings (SSSR count). The van der Waals surface area contributed by atoms with E-state index in [4.69, 9.17) is 4.74 Å². The summed E-state index contributed by atoms with van der Waals surface area (Å²) in [7, 11) is 1.66. The van der Waals surface area contributed by atoms with Crippen molar-refractivity contribution in [2.45, 2.75) is 43.1 Å². The van der Waals surface area contributed by atoms with Gasteiger partial charge in [0.05, 0.1) is 12.4 Å². The number of nitrogens with zero attached hydrogens (tertiary/aromatic N) is 2. The zero-order valence-electron chi connectivity index (χ0n) is 14.2. The third-order valence-corrected chi connectivity index (χ3v) is 4.60. The smallest absolute Gasteiger partial charge is 0.233 e. The Hall–Kier alpha value is -2.08. The predicted octanol–water partition coefficient (Wildman–Crippen LogP) is 3.10. The lowest BCUT2D eigenvalue weighted by Gasteiger charge is -2.17. The first-order valence-electron chi connectivity index (χ1n) is 7.95. The molecule has 1 N–H and O–H groups in total. The van der Waals surface area contributed by atoms with Gasteiger partial charge in [-0.05, 0) is 50.5 Å². The number of rotatable bonds is 8. The first kappa shape index (κ1) is 18.3. The van der Waals surface area contributed by atoms with E-state index in [-0.39, 0.29) is 17.2 Å². The number of thioether (sulfide) groups is 1. The molecule has 0 aliphatic heterocycles. The molecule has 0 unspecified atom stereocenters. The highest BCUT2D eigenvalue weighted by atomic mass is 32.2. The summed E-state index contributed by atoms with van der Waals surface area (Å²) in [5.41, 5.74) is 1.23. The van der Waals surface area contributed by atoms with E-state index in [0.29, 0.717) is 5.16 Å². The number of hydrogen-bond acceptors (Lipinski definition) is 5. The van der Waals surface area contributed by atoms with E-state index in [1.807, 2.05) is 26.0 Å².